The van der Waals surface area contributed by atoms with Gasteiger partial charge < -0.3 is 9.47 Å². The fourth-order valence-corrected chi connectivity index (χ4v) is 5.06. The molecule has 2 saturated heterocycles. The highest BCUT2D eigenvalue weighted by Crippen LogP contribution is 2.34. The summed E-state index contributed by atoms with van der Waals surface area (Å²) in [7, 11) is -3.13. The number of sulfonamides is 1. The Morgan fingerprint density at radius 1 is 1.14 bits per heavy atom. The fourth-order valence-electron chi connectivity index (χ4n) is 3.16. The first kappa shape index (κ1) is 15.7. The summed E-state index contributed by atoms with van der Waals surface area (Å²) in [4.78, 5) is 2.32. The van der Waals surface area contributed by atoms with Crippen molar-refractivity contribution in [1.82, 2.24) is 9.21 Å². The van der Waals surface area contributed by atoms with E-state index in [2.05, 4.69) is 18.7 Å². The van der Waals surface area contributed by atoms with Gasteiger partial charge in [-0.3, -0.25) is 4.90 Å². The molecule has 122 valence electrons. The minimum atomic E-state index is -3.13. The zero-order valence-corrected chi connectivity index (χ0v) is 13.8. The zero-order chi connectivity index (χ0) is 15.1. The van der Waals surface area contributed by atoms with Crippen LogP contribution in [0.3, 0.4) is 0 Å². The van der Waals surface area contributed by atoms with Gasteiger partial charge in [0, 0.05) is 32.2 Å². The summed E-state index contributed by atoms with van der Waals surface area (Å²) in [6.45, 7) is 8.44. The third kappa shape index (κ3) is 3.27. The number of hydrogen-bond donors (Lipinski definition) is 0. The molecule has 7 heteroatoms. The van der Waals surface area contributed by atoms with Crippen molar-refractivity contribution in [3.63, 3.8) is 0 Å². The molecule has 0 unspecified atom stereocenters. The Labute approximate surface area is 127 Å². The van der Waals surface area contributed by atoms with Crippen molar-refractivity contribution in [3.8, 4) is 0 Å². The van der Waals surface area contributed by atoms with E-state index in [0.29, 0.717) is 39.0 Å². The molecule has 3 fully saturated rings. The van der Waals surface area contributed by atoms with Crippen LogP contribution in [0.1, 0.15) is 26.7 Å². The van der Waals surface area contributed by atoms with E-state index < -0.39 is 15.6 Å². The minimum absolute atomic E-state index is 0.152. The first-order valence-electron chi connectivity index (χ1n) is 7.88. The van der Waals surface area contributed by atoms with Gasteiger partial charge in [0.1, 0.15) is 5.60 Å². The Bertz CT molecular complexity index is 477. The third-order valence-electron chi connectivity index (χ3n) is 4.63. The molecule has 3 aliphatic rings. The summed E-state index contributed by atoms with van der Waals surface area (Å²) >= 11 is 0. The van der Waals surface area contributed by atoms with Gasteiger partial charge in [-0.2, -0.15) is 4.31 Å². The maximum Gasteiger partial charge on any atom is 0.217 e. The Morgan fingerprint density at radius 3 is 2.57 bits per heavy atom. The average molecular weight is 318 g/mol. The van der Waals surface area contributed by atoms with Gasteiger partial charge in [0.15, 0.2) is 0 Å². The molecule has 1 spiro atoms. The summed E-state index contributed by atoms with van der Waals surface area (Å²) in [5, 5.41) is -0.152. The number of nitrogens with zero attached hydrogens (tertiary/aromatic N) is 2. The van der Waals surface area contributed by atoms with Gasteiger partial charge in [-0.25, -0.2) is 8.42 Å². The summed E-state index contributed by atoms with van der Waals surface area (Å²) in [6, 6.07) is 0.405. The van der Waals surface area contributed by atoms with Gasteiger partial charge in [0.05, 0.1) is 25.1 Å². The van der Waals surface area contributed by atoms with E-state index in [4.69, 9.17) is 9.47 Å². The van der Waals surface area contributed by atoms with Crippen molar-refractivity contribution in [1.29, 1.82) is 0 Å². The van der Waals surface area contributed by atoms with Gasteiger partial charge in [-0.05, 0) is 26.7 Å². The van der Waals surface area contributed by atoms with Crippen molar-refractivity contribution in [3.05, 3.63) is 0 Å². The summed E-state index contributed by atoms with van der Waals surface area (Å²) in [6.07, 6.45) is 1.61. The SMILES string of the molecule is CC(C)N1CCOC[C@@]2(C1)CN(S(=O)(=O)C1CC1)CCO2. The van der Waals surface area contributed by atoms with Crippen LogP contribution in [-0.4, -0.2) is 80.5 Å². The van der Waals surface area contributed by atoms with E-state index in [-0.39, 0.29) is 5.25 Å². The Balaban J connectivity index is 1.76. The molecule has 2 aliphatic heterocycles. The quantitative estimate of drug-likeness (QED) is 0.749. The molecule has 0 aromatic heterocycles. The maximum absolute atomic E-state index is 12.5. The minimum Gasteiger partial charge on any atom is -0.377 e. The van der Waals surface area contributed by atoms with E-state index in [0.717, 1.165) is 25.9 Å². The van der Waals surface area contributed by atoms with Gasteiger partial charge in [-0.15, -0.1) is 0 Å². The molecule has 3 rings (SSSR count). The summed E-state index contributed by atoms with van der Waals surface area (Å²) in [5.74, 6) is 0. The third-order valence-corrected chi connectivity index (χ3v) is 6.97. The van der Waals surface area contributed by atoms with Crippen molar-refractivity contribution in [2.75, 3.05) is 46.0 Å². The van der Waals surface area contributed by atoms with Crippen molar-refractivity contribution >= 4 is 10.0 Å². The van der Waals surface area contributed by atoms with E-state index in [9.17, 15) is 8.42 Å². The van der Waals surface area contributed by atoms with E-state index in [1.165, 1.54) is 0 Å². The lowest BCUT2D eigenvalue weighted by atomic mass is 10.0. The number of ether oxygens (including phenoxy) is 2. The highest BCUT2D eigenvalue weighted by atomic mass is 32.2. The zero-order valence-electron chi connectivity index (χ0n) is 13.0. The Morgan fingerprint density at radius 2 is 1.90 bits per heavy atom. The first-order chi connectivity index (χ1) is 9.93. The average Bonchev–Trinajstić information content (AvgIpc) is 3.26. The van der Waals surface area contributed by atoms with Crippen LogP contribution in [-0.2, 0) is 19.5 Å². The van der Waals surface area contributed by atoms with Crippen LogP contribution in [0, 0.1) is 0 Å². The van der Waals surface area contributed by atoms with E-state index in [1.807, 2.05) is 0 Å². The normalized spacial score (nSPS) is 33.5. The van der Waals surface area contributed by atoms with Crippen LogP contribution in [0.4, 0.5) is 0 Å². The van der Waals surface area contributed by atoms with E-state index in [1.54, 1.807) is 4.31 Å². The van der Waals surface area contributed by atoms with Crippen LogP contribution >= 0.6 is 0 Å². The number of morpholine rings is 1. The van der Waals surface area contributed by atoms with Crippen LogP contribution in [0.15, 0.2) is 0 Å². The fraction of sp³-hybridized carbons (Fsp3) is 1.00. The molecule has 21 heavy (non-hydrogen) atoms. The summed E-state index contributed by atoms with van der Waals surface area (Å²) in [5.41, 5.74) is -0.513. The van der Waals surface area contributed by atoms with Crippen LogP contribution in [0.2, 0.25) is 0 Å². The van der Waals surface area contributed by atoms with Crippen molar-refractivity contribution in [2.45, 2.75) is 43.6 Å². The predicted octanol–water partition coefficient (Wildman–Crippen LogP) is 0.290. The lowest BCUT2D eigenvalue weighted by molar-refractivity contribution is -0.127. The second kappa shape index (κ2) is 5.77. The Kier molecular flexibility index (Phi) is 4.31. The van der Waals surface area contributed by atoms with Crippen molar-refractivity contribution in [2.24, 2.45) is 0 Å². The number of rotatable bonds is 3. The molecule has 1 aliphatic carbocycles. The van der Waals surface area contributed by atoms with Crippen molar-refractivity contribution < 1.29 is 17.9 Å². The second-order valence-corrected chi connectivity index (χ2v) is 8.94. The van der Waals surface area contributed by atoms with Gasteiger partial charge in [0.25, 0.3) is 0 Å². The molecule has 6 nitrogen and oxygen atoms in total. The Hall–Kier alpha value is -0.210. The van der Waals surface area contributed by atoms with Gasteiger partial charge in [0.2, 0.25) is 10.0 Å². The molecule has 2 heterocycles. The van der Waals surface area contributed by atoms with Gasteiger partial charge >= 0.3 is 0 Å². The maximum atomic E-state index is 12.5. The van der Waals surface area contributed by atoms with Crippen LogP contribution in [0.25, 0.3) is 0 Å². The molecule has 0 aromatic carbocycles. The van der Waals surface area contributed by atoms with Crippen LogP contribution in [0.5, 0.6) is 0 Å². The first-order valence-corrected chi connectivity index (χ1v) is 9.38. The molecule has 0 N–H and O–H groups in total. The predicted molar refractivity (Wildman–Crippen MR) is 79.7 cm³/mol. The molecule has 1 atom stereocenters. The topological polar surface area (TPSA) is 59.1 Å². The molecular weight excluding hydrogens is 292 g/mol. The molecule has 0 aromatic rings. The molecule has 0 amide bonds. The lowest BCUT2D eigenvalue weighted by Crippen LogP contribution is -2.60. The number of hydrogen-bond acceptors (Lipinski definition) is 5. The monoisotopic (exact) mass is 318 g/mol. The highest BCUT2D eigenvalue weighted by molar-refractivity contribution is 7.90. The largest absolute Gasteiger partial charge is 0.377 e. The lowest BCUT2D eigenvalue weighted by Gasteiger charge is -2.43. The smallest absolute Gasteiger partial charge is 0.217 e. The second-order valence-electron chi connectivity index (χ2n) is 6.73. The van der Waals surface area contributed by atoms with Gasteiger partial charge in [-0.1, -0.05) is 0 Å². The van der Waals surface area contributed by atoms with Crippen LogP contribution < -0.4 is 0 Å². The molecule has 1 saturated carbocycles. The van der Waals surface area contributed by atoms with E-state index >= 15 is 0 Å². The molecular formula is C14H26N2O4S. The highest BCUT2D eigenvalue weighted by Gasteiger charge is 2.47. The standard InChI is InChI=1S/C14H26N2O4S/c1-12(2)15-5-7-19-11-14(9-15)10-16(6-8-20-14)21(17,18)13-3-4-13/h12-13H,3-11H2,1-2H3/t14-/m1/s1. The molecule has 0 radical (unpaired) electrons. The molecule has 0 bridgehead atoms. The summed E-state index contributed by atoms with van der Waals surface area (Å²) < 4.78 is 38.4.